The van der Waals surface area contributed by atoms with Crippen molar-refractivity contribution in [3.05, 3.63) is 20.0 Å². The molecule has 4 rings (SSSR count). The van der Waals surface area contributed by atoms with Gasteiger partial charge in [0, 0.05) is 18.3 Å². The van der Waals surface area contributed by atoms with Crippen LogP contribution in [0.5, 0.6) is 0 Å². The minimum Gasteiger partial charge on any atom is -0.300 e. The van der Waals surface area contributed by atoms with Crippen molar-refractivity contribution in [3.8, 4) is 0 Å². The van der Waals surface area contributed by atoms with Crippen LogP contribution in [0.1, 0.15) is 77.8 Å². The second kappa shape index (κ2) is 6.88. The monoisotopic (exact) mass is 390 g/mol. The third kappa shape index (κ3) is 3.49. The van der Waals surface area contributed by atoms with Gasteiger partial charge in [-0.2, -0.15) is 0 Å². The number of carbonyl (C=O) groups excluding carboxylic acids is 2. The lowest BCUT2D eigenvalue weighted by atomic mass is 9.48. The van der Waals surface area contributed by atoms with Crippen LogP contribution in [0.2, 0.25) is 0 Å². The highest BCUT2D eigenvalue weighted by Crippen LogP contribution is 2.66. The van der Waals surface area contributed by atoms with Crippen molar-refractivity contribution in [2.24, 2.45) is 5.41 Å². The SMILES string of the molecule is CCC(=O)Cc1nnc(C2CC3(CC(c4nnc(CC(C)=O)s4)C3)C2)s1. The Morgan fingerprint density at radius 3 is 1.88 bits per heavy atom. The summed E-state index contributed by atoms with van der Waals surface area (Å²) in [5, 5.41) is 20.8. The van der Waals surface area contributed by atoms with E-state index in [9.17, 15) is 9.59 Å². The maximum Gasteiger partial charge on any atom is 0.139 e. The van der Waals surface area contributed by atoms with Gasteiger partial charge in [-0.3, -0.25) is 9.59 Å². The molecule has 2 aliphatic carbocycles. The molecule has 0 saturated heterocycles. The minimum absolute atomic E-state index is 0.136. The first-order valence-corrected chi connectivity index (χ1v) is 10.8. The number of hydrogen-bond acceptors (Lipinski definition) is 8. The van der Waals surface area contributed by atoms with Crippen LogP contribution in [0.4, 0.5) is 0 Å². The van der Waals surface area contributed by atoms with Crippen LogP contribution in [0, 0.1) is 5.41 Å². The van der Waals surface area contributed by atoms with Crippen LogP contribution in [-0.2, 0) is 22.4 Å². The van der Waals surface area contributed by atoms with Gasteiger partial charge in [-0.05, 0) is 38.0 Å². The standard InChI is InChI=1S/C18H22N4O2S2/c1-3-13(24)5-15-20-22-17(26-15)12-8-18(9-12)6-11(7-18)16-21-19-14(25-16)4-10(2)23/h11-12H,3-9H2,1-2H3. The van der Waals surface area contributed by atoms with Gasteiger partial charge in [0.2, 0.25) is 0 Å². The van der Waals surface area contributed by atoms with Crippen molar-refractivity contribution < 1.29 is 9.59 Å². The molecule has 2 aromatic heterocycles. The Balaban J connectivity index is 1.29. The van der Waals surface area contributed by atoms with Crippen molar-refractivity contribution in [2.45, 2.75) is 70.6 Å². The third-order valence-corrected chi connectivity index (χ3v) is 7.70. The zero-order chi connectivity index (χ0) is 18.3. The molecule has 8 heteroatoms. The lowest BCUT2D eigenvalue weighted by molar-refractivity contribution is -0.118. The van der Waals surface area contributed by atoms with Crippen molar-refractivity contribution >= 4 is 34.2 Å². The van der Waals surface area contributed by atoms with Gasteiger partial charge in [0.25, 0.3) is 0 Å². The van der Waals surface area contributed by atoms with Crippen LogP contribution in [0.3, 0.4) is 0 Å². The second-order valence-electron chi connectivity index (χ2n) is 7.73. The largest absolute Gasteiger partial charge is 0.300 e. The third-order valence-electron chi connectivity index (χ3n) is 5.52. The van der Waals surface area contributed by atoms with Gasteiger partial charge >= 0.3 is 0 Å². The van der Waals surface area contributed by atoms with E-state index in [2.05, 4.69) is 20.4 Å². The second-order valence-corrected chi connectivity index (χ2v) is 9.91. The van der Waals surface area contributed by atoms with E-state index in [1.165, 1.54) is 12.8 Å². The summed E-state index contributed by atoms with van der Waals surface area (Å²) in [6.45, 7) is 3.47. The molecule has 0 N–H and O–H groups in total. The Morgan fingerprint density at radius 1 is 0.923 bits per heavy atom. The van der Waals surface area contributed by atoms with E-state index in [1.807, 2.05) is 6.92 Å². The van der Waals surface area contributed by atoms with Crippen LogP contribution in [0.25, 0.3) is 0 Å². The predicted molar refractivity (Wildman–Crippen MR) is 99.6 cm³/mol. The van der Waals surface area contributed by atoms with Gasteiger partial charge in [-0.1, -0.05) is 6.92 Å². The molecule has 2 saturated carbocycles. The zero-order valence-electron chi connectivity index (χ0n) is 15.0. The number of ketones is 2. The van der Waals surface area contributed by atoms with Crippen LogP contribution in [-0.4, -0.2) is 32.0 Å². The fourth-order valence-corrected chi connectivity index (χ4v) is 6.15. The molecule has 0 aliphatic heterocycles. The Kier molecular flexibility index (Phi) is 4.73. The van der Waals surface area contributed by atoms with E-state index in [1.54, 1.807) is 29.6 Å². The molecule has 2 aliphatic rings. The first-order chi connectivity index (χ1) is 12.5. The topological polar surface area (TPSA) is 85.7 Å². The van der Waals surface area contributed by atoms with Crippen molar-refractivity contribution in [2.75, 3.05) is 0 Å². The fourth-order valence-electron chi connectivity index (χ4n) is 4.17. The Labute approximate surface area is 160 Å². The lowest BCUT2D eigenvalue weighted by Gasteiger charge is -2.56. The van der Waals surface area contributed by atoms with E-state index in [4.69, 9.17) is 0 Å². The van der Waals surface area contributed by atoms with Gasteiger partial charge in [0.1, 0.15) is 31.6 Å². The maximum atomic E-state index is 11.5. The van der Waals surface area contributed by atoms with E-state index in [-0.39, 0.29) is 11.6 Å². The van der Waals surface area contributed by atoms with Crippen LogP contribution in [0.15, 0.2) is 0 Å². The molecular formula is C18H22N4O2S2. The number of nitrogens with zero attached hydrogens (tertiary/aromatic N) is 4. The highest BCUT2D eigenvalue weighted by Gasteiger charge is 2.55. The molecule has 0 unspecified atom stereocenters. The molecule has 2 aromatic rings. The predicted octanol–water partition coefficient (Wildman–Crippen LogP) is 3.48. The summed E-state index contributed by atoms with van der Waals surface area (Å²) >= 11 is 3.20. The summed E-state index contributed by atoms with van der Waals surface area (Å²) < 4.78 is 0. The number of carbonyl (C=O) groups is 2. The molecule has 2 fully saturated rings. The number of rotatable bonds is 7. The normalized spacial score (nSPS) is 27.2. The van der Waals surface area contributed by atoms with E-state index < -0.39 is 0 Å². The number of hydrogen-bond donors (Lipinski definition) is 0. The van der Waals surface area contributed by atoms with E-state index in [0.29, 0.717) is 36.5 Å². The maximum absolute atomic E-state index is 11.5. The summed E-state index contributed by atoms with van der Waals surface area (Å²) in [6, 6.07) is 0. The fraction of sp³-hybridized carbons (Fsp3) is 0.667. The first kappa shape index (κ1) is 17.9. The quantitative estimate of drug-likeness (QED) is 0.719. The zero-order valence-corrected chi connectivity index (χ0v) is 16.7. The van der Waals surface area contributed by atoms with Gasteiger partial charge in [-0.15, -0.1) is 43.1 Å². The van der Waals surface area contributed by atoms with Crippen LogP contribution < -0.4 is 0 Å². The summed E-state index contributed by atoms with van der Waals surface area (Å²) in [6.07, 6.45) is 6.04. The molecule has 1 spiro atoms. The first-order valence-electron chi connectivity index (χ1n) is 9.12. The molecule has 6 nitrogen and oxygen atoms in total. The van der Waals surface area contributed by atoms with Crippen molar-refractivity contribution in [1.82, 2.24) is 20.4 Å². The molecule has 138 valence electrons. The van der Waals surface area contributed by atoms with Gasteiger partial charge in [-0.25, -0.2) is 0 Å². The van der Waals surface area contributed by atoms with Crippen molar-refractivity contribution in [1.29, 1.82) is 0 Å². The molecule has 0 atom stereocenters. The Bertz CT molecular complexity index is 830. The summed E-state index contributed by atoms with van der Waals surface area (Å²) in [7, 11) is 0. The highest BCUT2D eigenvalue weighted by molar-refractivity contribution is 7.11. The number of Topliss-reactive ketones (excluding diaryl/α,β-unsaturated/α-hetero) is 2. The number of aromatic nitrogens is 4. The molecular weight excluding hydrogens is 368 g/mol. The molecule has 0 bridgehead atoms. The minimum atomic E-state index is 0.136. The van der Waals surface area contributed by atoms with Crippen molar-refractivity contribution in [3.63, 3.8) is 0 Å². The Morgan fingerprint density at radius 2 is 1.42 bits per heavy atom. The molecule has 0 radical (unpaired) electrons. The van der Waals surface area contributed by atoms with E-state index in [0.717, 1.165) is 32.9 Å². The molecule has 2 heterocycles. The average Bonchev–Trinajstić information content (AvgIpc) is 3.14. The van der Waals surface area contributed by atoms with Crippen LogP contribution >= 0.6 is 22.7 Å². The smallest absolute Gasteiger partial charge is 0.139 e. The van der Waals surface area contributed by atoms with Gasteiger partial charge in [0.05, 0.1) is 12.8 Å². The summed E-state index contributed by atoms with van der Waals surface area (Å²) in [5.41, 5.74) is 0.437. The molecule has 0 amide bonds. The van der Waals surface area contributed by atoms with Gasteiger partial charge in [0.15, 0.2) is 0 Å². The van der Waals surface area contributed by atoms with Gasteiger partial charge < -0.3 is 0 Å². The summed E-state index contributed by atoms with van der Waals surface area (Å²) in [4.78, 5) is 22.7. The Hall–Kier alpha value is -1.54. The summed E-state index contributed by atoms with van der Waals surface area (Å²) in [5.74, 6) is 1.36. The lowest BCUT2D eigenvalue weighted by Crippen LogP contribution is -2.45. The molecule has 0 aromatic carbocycles. The highest BCUT2D eigenvalue weighted by atomic mass is 32.1. The molecule has 26 heavy (non-hydrogen) atoms. The average molecular weight is 391 g/mol. The van der Waals surface area contributed by atoms with E-state index >= 15 is 0 Å².